The van der Waals surface area contributed by atoms with Gasteiger partial charge in [0.05, 0.1) is 5.75 Å². The lowest BCUT2D eigenvalue weighted by Gasteiger charge is -2.06. The zero-order chi connectivity index (χ0) is 8.97. The Morgan fingerprint density at radius 3 is 3.00 bits per heavy atom. The van der Waals surface area contributed by atoms with Crippen LogP contribution in [0.1, 0.15) is 12.7 Å². The quantitative estimate of drug-likeness (QED) is 0.739. The fourth-order valence-corrected chi connectivity index (χ4v) is 1.55. The Kier molecular flexibility index (Phi) is 3.55. The lowest BCUT2D eigenvalue weighted by atomic mass is 10.5. The molecule has 0 amide bonds. The highest BCUT2D eigenvalue weighted by Crippen LogP contribution is 2.14. The predicted octanol–water partition coefficient (Wildman–Crippen LogP) is 0.395. The van der Waals surface area contributed by atoms with Crippen molar-refractivity contribution in [1.29, 1.82) is 0 Å². The van der Waals surface area contributed by atoms with Gasteiger partial charge in [0.25, 0.3) is 0 Å². The van der Waals surface area contributed by atoms with Crippen LogP contribution in [0.2, 0.25) is 0 Å². The van der Waals surface area contributed by atoms with Gasteiger partial charge in [-0.15, -0.1) is 22.0 Å². The average Bonchev–Trinajstić information content (AvgIpc) is 2.47. The largest absolute Gasteiger partial charge is 0.329 e. The van der Waals surface area contributed by atoms with Gasteiger partial charge in [-0.2, -0.15) is 0 Å². The predicted molar refractivity (Wildman–Crippen MR) is 50.8 cm³/mol. The molecule has 0 radical (unpaired) electrons. The molecule has 0 saturated carbocycles. The number of hydrogen-bond acceptors (Lipinski definition) is 4. The molecule has 0 aliphatic heterocycles. The third-order valence-corrected chi connectivity index (χ3v) is 2.82. The zero-order valence-electron chi connectivity index (χ0n) is 7.40. The van der Waals surface area contributed by atoms with Gasteiger partial charge in [0, 0.05) is 18.8 Å². The molecule has 0 aliphatic carbocycles. The second-order valence-corrected chi connectivity index (χ2v) is 4.14. The molecule has 5 heteroatoms. The van der Waals surface area contributed by atoms with Crippen molar-refractivity contribution in [2.45, 2.75) is 17.9 Å². The van der Waals surface area contributed by atoms with Crippen LogP contribution in [0.15, 0.2) is 6.33 Å². The SMILES string of the molecule is CC(CN)SCc1nncn1C. The summed E-state index contributed by atoms with van der Waals surface area (Å²) in [4.78, 5) is 0. The van der Waals surface area contributed by atoms with Crippen LogP contribution in [0.3, 0.4) is 0 Å². The van der Waals surface area contributed by atoms with E-state index in [0.29, 0.717) is 11.8 Å². The van der Waals surface area contributed by atoms with E-state index in [1.54, 1.807) is 18.1 Å². The summed E-state index contributed by atoms with van der Waals surface area (Å²) in [5.74, 6) is 1.88. The van der Waals surface area contributed by atoms with Crippen molar-refractivity contribution in [1.82, 2.24) is 14.8 Å². The highest BCUT2D eigenvalue weighted by molar-refractivity contribution is 7.99. The Morgan fingerprint density at radius 1 is 1.75 bits per heavy atom. The van der Waals surface area contributed by atoms with Crippen LogP contribution in [0.5, 0.6) is 0 Å². The van der Waals surface area contributed by atoms with E-state index in [4.69, 9.17) is 5.73 Å². The number of thioether (sulfide) groups is 1. The van der Waals surface area contributed by atoms with Crippen LogP contribution in [0.4, 0.5) is 0 Å². The summed E-state index contributed by atoms with van der Waals surface area (Å²) >= 11 is 1.80. The smallest absolute Gasteiger partial charge is 0.142 e. The molecule has 0 saturated heterocycles. The summed E-state index contributed by atoms with van der Waals surface area (Å²) in [6, 6.07) is 0. The molecule has 1 unspecified atom stereocenters. The van der Waals surface area contributed by atoms with E-state index < -0.39 is 0 Å². The van der Waals surface area contributed by atoms with Crippen molar-refractivity contribution >= 4 is 11.8 Å². The number of aryl methyl sites for hydroxylation is 1. The van der Waals surface area contributed by atoms with Gasteiger partial charge in [-0.1, -0.05) is 6.92 Å². The Hall–Kier alpha value is -0.550. The second-order valence-electron chi connectivity index (χ2n) is 2.72. The van der Waals surface area contributed by atoms with E-state index in [1.807, 2.05) is 11.6 Å². The summed E-state index contributed by atoms with van der Waals surface area (Å²) in [5, 5.41) is 8.25. The lowest BCUT2D eigenvalue weighted by Crippen LogP contribution is -2.13. The number of aromatic nitrogens is 3. The highest BCUT2D eigenvalue weighted by atomic mass is 32.2. The number of nitrogens with two attached hydrogens (primary N) is 1. The first-order chi connectivity index (χ1) is 5.74. The maximum atomic E-state index is 5.49. The van der Waals surface area contributed by atoms with E-state index >= 15 is 0 Å². The van der Waals surface area contributed by atoms with Gasteiger partial charge in [0.2, 0.25) is 0 Å². The molecule has 68 valence electrons. The number of nitrogens with zero attached hydrogens (tertiary/aromatic N) is 3. The molecule has 0 spiro atoms. The summed E-state index contributed by atoms with van der Waals surface area (Å²) < 4.78 is 1.93. The Balaban J connectivity index is 2.38. The van der Waals surface area contributed by atoms with Crippen LogP contribution in [-0.4, -0.2) is 26.6 Å². The second kappa shape index (κ2) is 4.47. The molecule has 2 N–H and O–H groups in total. The van der Waals surface area contributed by atoms with Crippen LogP contribution in [-0.2, 0) is 12.8 Å². The minimum absolute atomic E-state index is 0.488. The van der Waals surface area contributed by atoms with Gasteiger partial charge in [0.1, 0.15) is 12.2 Å². The van der Waals surface area contributed by atoms with Crippen LogP contribution < -0.4 is 5.73 Å². The third kappa shape index (κ3) is 2.49. The maximum Gasteiger partial charge on any atom is 0.142 e. The van der Waals surface area contributed by atoms with Gasteiger partial charge in [-0.3, -0.25) is 0 Å². The molecule has 1 atom stereocenters. The van der Waals surface area contributed by atoms with Crippen molar-refractivity contribution in [3.63, 3.8) is 0 Å². The number of hydrogen-bond donors (Lipinski definition) is 1. The van der Waals surface area contributed by atoms with Crippen molar-refractivity contribution in [3.8, 4) is 0 Å². The summed E-state index contributed by atoms with van der Waals surface area (Å²) in [7, 11) is 1.95. The minimum atomic E-state index is 0.488. The first-order valence-electron chi connectivity index (χ1n) is 3.88. The first kappa shape index (κ1) is 9.54. The molecule has 1 aromatic heterocycles. The molecule has 1 aromatic rings. The van der Waals surface area contributed by atoms with Gasteiger partial charge in [0.15, 0.2) is 0 Å². The normalized spacial score (nSPS) is 13.2. The molecule has 1 rings (SSSR count). The molecule has 0 aromatic carbocycles. The van der Waals surface area contributed by atoms with Crippen LogP contribution in [0.25, 0.3) is 0 Å². The molecule has 4 nitrogen and oxygen atoms in total. The fourth-order valence-electron chi connectivity index (χ4n) is 0.723. The Labute approximate surface area is 76.5 Å². The molecule has 0 fully saturated rings. The summed E-state index contributed by atoms with van der Waals surface area (Å²) in [6.07, 6.45) is 1.71. The minimum Gasteiger partial charge on any atom is -0.329 e. The van der Waals surface area contributed by atoms with Gasteiger partial charge >= 0.3 is 0 Å². The van der Waals surface area contributed by atoms with E-state index in [-0.39, 0.29) is 0 Å². The van der Waals surface area contributed by atoms with Gasteiger partial charge < -0.3 is 10.3 Å². The van der Waals surface area contributed by atoms with Crippen LogP contribution in [0, 0.1) is 0 Å². The van der Waals surface area contributed by atoms with Crippen molar-refractivity contribution in [2.75, 3.05) is 6.54 Å². The van der Waals surface area contributed by atoms with Gasteiger partial charge in [-0.05, 0) is 0 Å². The average molecular weight is 186 g/mol. The standard InChI is InChI=1S/C7H14N4S/c1-6(3-8)12-4-7-10-9-5-11(7)2/h5-6H,3-4,8H2,1-2H3. The van der Waals surface area contributed by atoms with E-state index in [2.05, 4.69) is 17.1 Å². The van der Waals surface area contributed by atoms with Crippen molar-refractivity contribution < 1.29 is 0 Å². The molecule has 0 bridgehead atoms. The number of rotatable bonds is 4. The Morgan fingerprint density at radius 2 is 2.50 bits per heavy atom. The van der Waals surface area contributed by atoms with E-state index in [9.17, 15) is 0 Å². The first-order valence-corrected chi connectivity index (χ1v) is 4.93. The Bertz CT molecular complexity index is 235. The zero-order valence-corrected chi connectivity index (χ0v) is 8.21. The molecular formula is C7H14N4S. The van der Waals surface area contributed by atoms with Crippen molar-refractivity contribution in [3.05, 3.63) is 12.2 Å². The van der Waals surface area contributed by atoms with Crippen LogP contribution >= 0.6 is 11.8 Å². The highest BCUT2D eigenvalue weighted by Gasteiger charge is 2.03. The summed E-state index contributed by atoms with van der Waals surface area (Å²) in [6.45, 7) is 2.82. The van der Waals surface area contributed by atoms with E-state index in [0.717, 1.165) is 11.6 Å². The topological polar surface area (TPSA) is 56.7 Å². The summed E-state index contributed by atoms with van der Waals surface area (Å²) in [5.41, 5.74) is 5.49. The third-order valence-electron chi connectivity index (χ3n) is 1.63. The van der Waals surface area contributed by atoms with Gasteiger partial charge in [-0.25, -0.2) is 0 Å². The molecular weight excluding hydrogens is 172 g/mol. The molecule has 0 aliphatic rings. The maximum absolute atomic E-state index is 5.49. The van der Waals surface area contributed by atoms with Crippen molar-refractivity contribution in [2.24, 2.45) is 12.8 Å². The monoisotopic (exact) mass is 186 g/mol. The van der Waals surface area contributed by atoms with E-state index in [1.165, 1.54) is 0 Å². The molecule has 1 heterocycles. The lowest BCUT2D eigenvalue weighted by molar-refractivity contribution is 0.845. The molecule has 12 heavy (non-hydrogen) atoms. The fraction of sp³-hybridized carbons (Fsp3) is 0.714.